The van der Waals surface area contributed by atoms with Gasteiger partial charge < -0.3 is 49.5 Å². The van der Waals surface area contributed by atoms with Crippen molar-refractivity contribution in [3.8, 4) is 5.69 Å². The van der Waals surface area contributed by atoms with Crippen LogP contribution < -0.4 is 25.9 Å². The van der Waals surface area contributed by atoms with Gasteiger partial charge in [-0.1, -0.05) is 42.0 Å². The van der Waals surface area contributed by atoms with E-state index in [0.29, 0.717) is 103 Å². The predicted molar refractivity (Wildman–Crippen MR) is 347 cm³/mol. The summed E-state index contributed by atoms with van der Waals surface area (Å²) in [5, 5.41) is 10.9. The molecule has 4 aliphatic heterocycles. The Labute approximate surface area is 508 Å². The summed E-state index contributed by atoms with van der Waals surface area (Å²) in [6.45, 7) is 15.0. The fourth-order valence-corrected chi connectivity index (χ4v) is 13.2. The Balaban J connectivity index is 0.609. The van der Waals surface area contributed by atoms with Gasteiger partial charge in [0, 0.05) is 141 Å². The van der Waals surface area contributed by atoms with Crippen LogP contribution >= 0.6 is 0 Å². The van der Waals surface area contributed by atoms with Crippen molar-refractivity contribution < 1.29 is 24.0 Å². The molecule has 2 fully saturated rings. The molecule has 17 heteroatoms. The number of imide groups is 1. The Morgan fingerprint density at radius 3 is 1.64 bits per heavy atom. The van der Waals surface area contributed by atoms with Gasteiger partial charge in [0.2, 0.25) is 0 Å². The number of anilines is 2. The first-order valence-corrected chi connectivity index (χ1v) is 31.0. The maximum Gasteiger partial charge on any atom is 0.261 e. The Kier molecular flexibility index (Phi) is 17.2. The van der Waals surface area contributed by atoms with E-state index in [1.165, 1.54) is 10.5 Å². The summed E-state index contributed by atoms with van der Waals surface area (Å²) in [5.74, 6) is -0.855. The SMILES string of the molecule is Cc1ccc2c(c1)c(=O)c1cc(C(=O)NCCCN(C)CCCN3C(=O)c4cccc5cc(N6CCN(C)CC6)cc(c45)C3=O)ccc1n2-c1ccc(C(=O)NCCCN(C)CCCN2Cc3cccc4cc(N5CCN(C)CC5)cc(c34)C2=O)cc1. The van der Waals surface area contributed by atoms with E-state index in [9.17, 15) is 28.8 Å². The number of hydrogen-bond acceptors (Lipinski definition) is 12. The van der Waals surface area contributed by atoms with Gasteiger partial charge in [-0.05, 0) is 194 Å². The van der Waals surface area contributed by atoms with E-state index in [2.05, 4.69) is 97.6 Å². The van der Waals surface area contributed by atoms with Crippen molar-refractivity contribution >= 4 is 84.3 Å². The lowest BCUT2D eigenvalue weighted by molar-refractivity contribution is 0.0603. The van der Waals surface area contributed by atoms with Crippen molar-refractivity contribution in [1.29, 1.82) is 0 Å². The van der Waals surface area contributed by atoms with Crippen LogP contribution in [0.4, 0.5) is 11.4 Å². The number of aromatic nitrogens is 1. The second-order valence-electron chi connectivity index (χ2n) is 24.5. The van der Waals surface area contributed by atoms with Crippen molar-refractivity contribution in [2.45, 2.75) is 39.2 Å². The maximum absolute atomic E-state index is 14.2. The number of likely N-dealkylation sites (N-methyl/N-ethyl adjacent to an activating group) is 2. The molecule has 8 aromatic rings. The van der Waals surface area contributed by atoms with E-state index in [0.717, 1.165) is 128 Å². The van der Waals surface area contributed by atoms with Gasteiger partial charge >= 0.3 is 0 Å². The number of amides is 5. The first-order valence-electron chi connectivity index (χ1n) is 31.0. The Morgan fingerprint density at radius 1 is 0.494 bits per heavy atom. The topological polar surface area (TPSA) is 157 Å². The maximum atomic E-state index is 14.2. The summed E-state index contributed by atoms with van der Waals surface area (Å²) in [5.41, 5.74) is 9.08. The molecular formula is C70H79N11O6. The van der Waals surface area contributed by atoms with Gasteiger partial charge in [0.1, 0.15) is 0 Å². The summed E-state index contributed by atoms with van der Waals surface area (Å²) < 4.78 is 2.01. The lowest BCUT2D eigenvalue weighted by Gasteiger charge is -2.35. The van der Waals surface area contributed by atoms with Crippen LogP contribution in [0.1, 0.15) is 88.6 Å². The normalized spacial score (nSPS) is 15.8. The summed E-state index contributed by atoms with van der Waals surface area (Å²) >= 11 is 0. The second-order valence-corrected chi connectivity index (χ2v) is 24.5. The zero-order valence-electron chi connectivity index (χ0n) is 50.9. The molecule has 0 spiro atoms. The van der Waals surface area contributed by atoms with Gasteiger partial charge in [0.05, 0.1) is 16.6 Å². The Morgan fingerprint density at radius 2 is 1.01 bits per heavy atom. The minimum atomic E-state index is -0.282. The highest BCUT2D eigenvalue weighted by Gasteiger charge is 2.34. The highest BCUT2D eigenvalue weighted by atomic mass is 16.2. The molecule has 0 bridgehead atoms. The highest BCUT2D eigenvalue weighted by molar-refractivity contribution is 6.26. The quantitative estimate of drug-likeness (QED) is 0.0406. The summed E-state index contributed by atoms with van der Waals surface area (Å²) in [6, 6.07) is 38.9. The zero-order chi connectivity index (χ0) is 60.5. The van der Waals surface area contributed by atoms with Crippen LogP contribution in [0.15, 0.2) is 126 Å². The van der Waals surface area contributed by atoms with Gasteiger partial charge in [0.25, 0.3) is 29.5 Å². The van der Waals surface area contributed by atoms with Crippen LogP contribution in [0.2, 0.25) is 0 Å². The largest absolute Gasteiger partial charge is 0.369 e. The average Bonchev–Trinajstić information content (AvgIpc) is 0.904. The standard InChI is InChI=1S/C70H79N11O6/c1-47-16-22-61-57(40-47)65(82)58-43-51(67(84)72-25-9-27-74(3)29-11-31-80-69(86)56-15-7-13-50-42-55(45-60(64(50)56)70(80)87)78-38-34-76(5)35-39-78)19-23-62(58)81(61)53-20-17-48(18-21-53)66(83)71-24-8-26-73(2)28-10-30-79-46-52-14-6-12-49-41-54(44-59(63(49)52)68(79)85)77-36-32-75(4)33-37-77/h6-7,12-23,40-45H,8-11,24-39,46H2,1-5H3,(H,71,83)(H,72,84). The van der Waals surface area contributed by atoms with Crippen LogP contribution in [0.3, 0.4) is 0 Å². The number of carbonyl (C=O) groups is 5. The van der Waals surface area contributed by atoms with Crippen molar-refractivity contribution in [1.82, 2.24) is 44.6 Å². The molecule has 2 saturated heterocycles. The second kappa shape index (κ2) is 25.5. The van der Waals surface area contributed by atoms with Crippen molar-refractivity contribution in [3.63, 3.8) is 0 Å². The van der Waals surface area contributed by atoms with Crippen LogP contribution in [-0.4, -0.2) is 196 Å². The lowest BCUT2D eigenvalue weighted by Crippen LogP contribution is -2.45. The highest BCUT2D eigenvalue weighted by Crippen LogP contribution is 2.37. The summed E-state index contributed by atoms with van der Waals surface area (Å²) in [7, 11) is 8.35. The molecule has 17 nitrogen and oxygen atoms in total. The molecular weight excluding hydrogens is 1090 g/mol. The number of hydrogen-bond donors (Lipinski definition) is 2. The van der Waals surface area contributed by atoms with Gasteiger partial charge in [-0.25, -0.2) is 0 Å². The molecule has 2 N–H and O–H groups in total. The van der Waals surface area contributed by atoms with Crippen molar-refractivity contribution in [3.05, 3.63) is 170 Å². The minimum Gasteiger partial charge on any atom is -0.369 e. The van der Waals surface area contributed by atoms with Crippen molar-refractivity contribution in [2.24, 2.45) is 0 Å². The molecule has 0 atom stereocenters. The Hall–Kier alpha value is -8.48. The number of nitrogens with zero attached hydrogens (tertiary/aromatic N) is 9. The van der Waals surface area contributed by atoms with E-state index < -0.39 is 0 Å². The van der Waals surface area contributed by atoms with Crippen LogP contribution in [-0.2, 0) is 6.54 Å². The van der Waals surface area contributed by atoms with E-state index in [-0.39, 0.29) is 35.0 Å². The molecule has 0 saturated carbocycles. The number of rotatable bonds is 21. The van der Waals surface area contributed by atoms with Gasteiger partial charge in [-0.15, -0.1) is 0 Å². The first-order chi connectivity index (χ1) is 42.2. The molecule has 5 amide bonds. The summed E-state index contributed by atoms with van der Waals surface area (Å²) in [4.78, 5) is 100. The van der Waals surface area contributed by atoms with E-state index in [4.69, 9.17) is 0 Å². The number of benzene rings is 7. The van der Waals surface area contributed by atoms with E-state index in [1.807, 2.05) is 84.1 Å². The molecule has 4 aliphatic rings. The number of fused-ring (bicyclic) bond motifs is 2. The smallest absolute Gasteiger partial charge is 0.261 e. The Bertz CT molecular complexity index is 4030. The van der Waals surface area contributed by atoms with Crippen LogP contribution in [0.25, 0.3) is 49.0 Å². The molecule has 7 aromatic carbocycles. The molecule has 0 radical (unpaired) electrons. The van der Waals surface area contributed by atoms with Crippen LogP contribution in [0, 0.1) is 6.92 Å². The molecule has 87 heavy (non-hydrogen) atoms. The molecule has 5 heterocycles. The lowest BCUT2D eigenvalue weighted by atomic mass is 9.93. The van der Waals surface area contributed by atoms with E-state index in [1.54, 1.807) is 24.3 Å². The van der Waals surface area contributed by atoms with E-state index >= 15 is 0 Å². The number of nitrogens with one attached hydrogen (secondary N) is 2. The number of aryl methyl sites for hydroxylation is 1. The van der Waals surface area contributed by atoms with Gasteiger partial charge in [-0.2, -0.15) is 0 Å². The molecule has 450 valence electrons. The predicted octanol–water partition coefficient (Wildman–Crippen LogP) is 8.10. The average molecular weight is 1170 g/mol. The third kappa shape index (κ3) is 12.3. The number of pyridine rings is 1. The molecule has 0 unspecified atom stereocenters. The molecule has 0 aliphatic carbocycles. The fourth-order valence-electron chi connectivity index (χ4n) is 13.2. The summed E-state index contributed by atoms with van der Waals surface area (Å²) in [6.07, 6.45) is 2.88. The minimum absolute atomic E-state index is 0.105. The van der Waals surface area contributed by atoms with Gasteiger partial charge in [0.15, 0.2) is 5.43 Å². The van der Waals surface area contributed by atoms with Crippen LogP contribution in [0.5, 0.6) is 0 Å². The third-order valence-corrected chi connectivity index (χ3v) is 18.2. The zero-order valence-corrected chi connectivity index (χ0v) is 50.9. The third-order valence-electron chi connectivity index (χ3n) is 18.2. The van der Waals surface area contributed by atoms with Gasteiger partial charge in [-0.3, -0.25) is 33.7 Å². The molecule has 1 aromatic heterocycles. The first kappa shape index (κ1) is 58.9. The monoisotopic (exact) mass is 1170 g/mol. The van der Waals surface area contributed by atoms with Crippen molar-refractivity contribution in [2.75, 3.05) is 143 Å². The molecule has 12 rings (SSSR count). The number of piperazine rings is 2. The fraction of sp³-hybridized carbons (Fsp3) is 0.371. The number of carbonyl (C=O) groups excluding carboxylic acids is 5.